The Balaban J connectivity index is 1.94. The third-order valence-electron chi connectivity index (χ3n) is 4.80. The molecule has 4 rings (SSSR count). The SMILES string of the molecule is CCOC(=O)C1=C(C)N=c2sc(=Cc3ccc(F)cc3)c(=O)n2[C@@H]1c1ccccc1. The molecule has 0 aliphatic carbocycles. The zero-order chi connectivity index (χ0) is 21.3. The maximum Gasteiger partial charge on any atom is 0.338 e. The van der Waals surface area contributed by atoms with Crippen molar-refractivity contribution >= 4 is 23.4 Å². The van der Waals surface area contributed by atoms with Gasteiger partial charge in [-0.15, -0.1) is 0 Å². The number of nitrogens with zero attached hydrogens (tertiary/aromatic N) is 2. The fourth-order valence-electron chi connectivity index (χ4n) is 3.45. The van der Waals surface area contributed by atoms with Crippen LogP contribution in [0.5, 0.6) is 0 Å². The zero-order valence-electron chi connectivity index (χ0n) is 16.5. The number of carbonyl (C=O) groups is 1. The predicted octanol–water partition coefficient (Wildman–Crippen LogP) is 2.94. The van der Waals surface area contributed by atoms with Crippen LogP contribution in [0.3, 0.4) is 0 Å². The molecule has 5 nitrogen and oxygen atoms in total. The minimum absolute atomic E-state index is 0.228. The van der Waals surface area contributed by atoms with E-state index in [1.165, 1.54) is 28.0 Å². The van der Waals surface area contributed by atoms with E-state index in [4.69, 9.17) is 4.74 Å². The summed E-state index contributed by atoms with van der Waals surface area (Å²) in [4.78, 5) is 31.1. The van der Waals surface area contributed by atoms with E-state index in [2.05, 4.69) is 4.99 Å². The van der Waals surface area contributed by atoms with Crippen LogP contribution in [-0.2, 0) is 9.53 Å². The molecule has 2 aromatic carbocycles. The molecule has 152 valence electrons. The van der Waals surface area contributed by atoms with Gasteiger partial charge < -0.3 is 4.74 Å². The molecule has 0 bridgehead atoms. The second-order valence-corrected chi connectivity index (χ2v) is 7.77. The first-order chi connectivity index (χ1) is 14.5. The predicted molar refractivity (Wildman–Crippen MR) is 113 cm³/mol. The van der Waals surface area contributed by atoms with Gasteiger partial charge in [0, 0.05) is 0 Å². The minimum atomic E-state index is -0.628. The van der Waals surface area contributed by atoms with Crippen molar-refractivity contribution in [1.82, 2.24) is 4.57 Å². The highest BCUT2D eigenvalue weighted by Gasteiger charge is 2.33. The first-order valence-electron chi connectivity index (χ1n) is 9.49. The van der Waals surface area contributed by atoms with Gasteiger partial charge in [-0.2, -0.15) is 0 Å². The lowest BCUT2D eigenvalue weighted by Crippen LogP contribution is -2.39. The Morgan fingerprint density at radius 2 is 1.90 bits per heavy atom. The Morgan fingerprint density at radius 1 is 1.20 bits per heavy atom. The third-order valence-corrected chi connectivity index (χ3v) is 5.78. The summed E-state index contributed by atoms with van der Waals surface area (Å²) in [7, 11) is 0. The molecule has 0 amide bonds. The first kappa shape index (κ1) is 20.0. The van der Waals surface area contributed by atoms with Crippen LogP contribution in [0.1, 0.15) is 31.0 Å². The van der Waals surface area contributed by atoms with E-state index in [0.717, 1.165) is 5.56 Å². The molecule has 0 fully saturated rings. The summed E-state index contributed by atoms with van der Waals surface area (Å²) in [5, 5.41) is 0. The number of thiazole rings is 1. The fraction of sp³-hybridized carbons (Fsp3) is 0.174. The van der Waals surface area contributed by atoms with Gasteiger partial charge in [-0.1, -0.05) is 53.8 Å². The van der Waals surface area contributed by atoms with Crippen molar-refractivity contribution in [3.63, 3.8) is 0 Å². The Labute approximate surface area is 176 Å². The summed E-state index contributed by atoms with van der Waals surface area (Å²) >= 11 is 1.24. The Bertz CT molecular complexity index is 1310. The van der Waals surface area contributed by atoms with Crippen LogP contribution in [0, 0.1) is 5.82 Å². The van der Waals surface area contributed by atoms with E-state index in [1.54, 1.807) is 32.1 Å². The van der Waals surface area contributed by atoms with E-state index in [0.29, 0.717) is 26.2 Å². The number of allylic oxidation sites excluding steroid dienone is 1. The van der Waals surface area contributed by atoms with Crippen molar-refractivity contribution in [3.8, 4) is 0 Å². The minimum Gasteiger partial charge on any atom is -0.463 e. The second-order valence-electron chi connectivity index (χ2n) is 6.76. The average Bonchev–Trinajstić information content (AvgIpc) is 3.04. The smallest absolute Gasteiger partial charge is 0.338 e. The van der Waals surface area contributed by atoms with E-state index < -0.39 is 12.0 Å². The lowest BCUT2D eigenvalue weighted by Gasteiger charge is -2.24. The van der Waals surface area contributed by atoms with E-state index in [-0.39, 0.29) is 18.0 Å². The molecule has 1 aliphatic rings. The lowest BCUT2D eigenvalue weighted by atomic mass is 9.96. The number of carbonyl (C=O) groups excluding carboxylic acids is 1. The van der Waals surface area contributed by atoms with Crippen LogP contribution in [0.25, 0.3) is 6.08 Å². The van der Waals surface area contributed by atoms with Crippen LogP contribution in [0.4, 0.5) is 4.39 Å². The van der Waals surface area contributed by atoms with E-state index in [9.17, 15) is 14.0 Å². The Hall–Kier alpha value is -3.32. The maximum atomic E-state index is 13.3. The molecule has 1 aliphatic heterocycles. The number of ether oxygens (including phenoxy) is 1. The maximum absolute atomic E-state index is 13.3. The number of hydrogen-bond acceptors (Lipinski definition) is 5. The molecule has 7 heteroatoms. The summed E-state index contributed by atoms with van der Waals surface area (Å²) in [6.45, 7) is 3.72. The summed E-state index contributed by atoms with van der Waals surface area (Å²) in [5.74, 6) is -0.826. The molecule has 1 aromatic heterocycles. The van der Waals surface area contributed by atoms with Crippen molar-refractivity contribution in [2.75, 3.05) is 6.61 Å². The van der Waals surface area contributed by atoms with Gasteiger partial charge in [-0.25, -0.2) is 14.2 Å². The highest BCUT2D eigenvalue weighted by Crippen LogP contribution is 2.30. The van der Waals surface area contributed by atoms with Gasteiger partial charge in [-0.05, 0) is 43.2 Å². The molecule has 0 unspecified atom stereocenters. The topological polar surface area (TPSA) is 60.7 Å². The van der Waals surface area contributed by atoms with Crippen molar-refractivity contribution < 1.29 is 13.9 Å². The highest BCUT2D eigenvalue weighted by molar-refractivity contribution is 7.07. The molecule has 2 heterocycles. The van der Waals surface area contributed by atoms with Gasteiger partial charge in [0.25, 0.3) is 5.56 Å². The Kier molecular flexibility index (Phi) is 5.46. The van der Waals surface area contributed by atoms with Crippen molar-refractivity contribution in [2.45, 2.75) is 19.9 Å². The van der Waals surface area contributed by atoms with Crippen molar-refractivity contribution in [1.29, 1.82) is 0 Å². The van der Waals surface area contributed by atoms with Crippen LogP contribution in [-0.4, -0.2) is 17.1 Å². The van der Waals surface area contributed by atoms with Crippen LogP contribution < -0.4 is 14.9 Å². The monoisotopic (exact) mass is 422 g/mol. The molecule has 0 saturated heterocycles. The number of benzene rings is 2. The number of fused-ring (bicyclic) bond motifs is 1. The fourth-order valence-corrected chi connectivity index (χ4v) is 4.50. The quantitative estimate of drug-likeness (QED) is 0.608. The summed E-state index contributed by atoms with van der Waals surface area (Å²) in [6, 6.07) is 14.6. The van der Waals surface area contributed by atoms with Gasteiger partial charge in [0.1, 0.15) is 5.82 Å². The number of hydrogen-bond donors (Lipinski definition) is 0. The average molecular weight is 422 g/mol. The number of rotatable bonds is 4. The second kappa shape index (κ2) is 8.20. The highest BCUT2D eigenvalue weighted by atomic mass is 32.1. The zero-order valence-corrected chi connectivity index (χ0v) is 17.3. The largest absolute Gasteiger partial charge is 0.463 e. The standard InChI is InChI=1S/C23H19FN2O3S/c1-3-29-22(28)19-14(2)25-23-26(20(19)16-7-5-4-6-8-16)21(27)18(30-23)13-15-9-11-17(24)12-10-15/h4-13,20H,3H2,1-2H3/t20-/m1/s1. The lowest BCUT2D eigenvalue weighted by molar-refractivity contribution is -0.139. The molecule has 0 saturated carbocycles. The molecule has 3 aromatic rings. The third kappa shape index (κ3) is 3.64. The molecule has 30 heavy (non-hydrogen) atoms. The molecule has 1 atom stereocenters. The van der Waals surface area contributed by atoms with Gasteiger partial charge in [0.05, 0.1) is 28.5 Å². The van der Waals surface area contributed by atoms with Crippen LogP contribution >= 0.6 is 11.3 Å². The van der Waals surface area contributed by atoms with Crippen molar-refractivity contribution in [2.24, 2.45) is 4.99 Å². The molecule has 0 spiro atoms. The van der Waals surface area contributed by atoms with Gasteiger partial charge >= 0.3 is 5.97 Å². The van der Waals surface area contributed by atoms with Gasteiger partial charge in [0.2, 0.25) is 0 Å². The van der Waals surface area contributed by atoms with E-state index >= 15 is 0 Å². The molecule has 0 radical (unpaired) electrons. The summed E-state index contributed by atoms with van der Waals surface area (Å²) < 4.78 is 20.5. The molecular formula is C23H19FN2O3S. The summed E-state index contributed by atoms with van der Waals surface area (Å²) in [6.07, 6.45) is 1.70. The normalized spacial score (nSPS) is 16.2. The van der Waals surface area contributed by atoms with Crippen molar-refractivity contribution in [3.05, 3.63) is 102 Å². The number of aromatic nitrogens is 1. The van der Waals surface area contributed by atoms with E-state index in [1.807, 2.05) is 30.3 Å². The Morgan fingerprint density at radius 3 is 2.57 bits per heavy atom. The number of halogens is 1. The van der Waals surface area contributed by atoms with Crippen LogP contribution in [0.2, 0.25) is 0 Å². The summed E-state index contributed by atoms with van der Waals surface area (Å²) in [5.41, 5.74) is 2.12. The van der Waals surface area contributed by atoms with Gasteiger partial charge in [0.15, 0.2) is 4.80 Å². The van der Waals surface area contributed by atoms with Gasteiger partial charge in [-0.3, -0.25) is 9.36 Å². The molecule has 0 N–H and O–H groups in total. The van der Waals surface area contributed by atoms with Crippen LogP contribution in [0.15, 0.2) is 75.7 Å². The molecular weight excluding hydrogens is 403 g/mol. The number of esters is 1. The first-order valence-corrected chi connectivity index (χ1v) is 10.3.